The van der Waals surface area contributed by atoms with E-state index in [4.69, 9.17) is 21.8 Å². The number of carboxylic acid groups (broad SMARTS) is 2. The molecule has 1 aromatic heterocycles. The van der Waals surface area contributed by atoms with E-state index < -0.39 is 21.8 Å². The molecule has 33 heavy (non-hydrogen) atoms. The topological polar surface area (TPSA) is 125 Å². The van der Waals surface area contributed by atoms with Crippen molar-refractivity contribution in [2.24, 2.45) is 0 Å². The van der Waals surface area contributed by atoms with Gasteiger partial charge in [0.25, 0.3) is 0 Å². The first-order chi connectivity index (χ1) is 15.5. The monoisotopic (exact) mass is 485 g/mol. The van der Waals surface area contributed by atoms with Gasteiger partial charge in [0.2, 0.25) is 9.84 Å². The first kappa shape index (κ1) is 24.0. The van der Waals surface area contributed by atoms with Crippen molar-refractivity contribution in [3.8, 4) is 0 Å². The van der Waals surface area contributed by atoms with Gasteiger partial charge in [0, 0.05) is 10.9 Å². The molecule has 0 bridgehead atoms. The highest BCUT2D eigenvalue weighted by molar-refractivity contribution is 7.91. The highest BCUT2D eigenvalue weighted by atomic mass is 35.5. The van der Waals surface area contributed by atoms with Crippen LogP contribution in [0.25, 0.3) is 10.9 Å². The molecule has 0 saturated heterocycles. The van der Waals surface area contributed by atoms with Gasteiger partial charge in [0.05, 0.1) is 21.0 Å². The summed E-state index contributed by atoms with van der Waals surface area (Å²) < 4.78 is 25.0. The lowest BCUT2D eigenvalue weighted by atomic mass is 10.0. The lowest BCUT2D eigenvalue weighted by Gasteiger charge is -2.06. The number of hydrogen-bond donors (Lipinski definition) is 3. The average molecular weight is 486 g/mol. The fourth-order valence-corrected chi connectivity index (χ4v) is 4.77. The van der Waals surface area contributed by atoms with Crippen molar-refractivity contribution in [1.29, 1.82) is 0 Å². The third kappa shape index (κ3) is 5.08. The summed E-state index contributed by atoms with van der Waals surface area (Å²) in [7, 11) is -3.47. The number of aromatic amines is 1. The average Bonchev–Trinajstić information content (AvgIpc) is 3.19. The Morgan fingerprint density at radius 1 is 0.879 bits per heavy atom. The predicted molar refractivity (Wildman–Crippen MR) is 125 cm³/mol. The summed E-state index contributed by atoms with van der Waals surface area (Å²) in [5.74, 6) is -2.39. The molecule has 3 aromatic carbocycles. The molecular formula is C24H20ClNO6S. The molecule has 170 valence electrons. The van der Waals surface area contributed by atoms with Gasteiger partial charge in [-0.15, -0.1) is 0 Å². The highest BCUT2D eigenvalue weighted by Gasteiger charge is 2.20. The lowest BCUT2D eigenvalue weighted by molar-refractivity contribution is 0.0696. The summed E-state index contributed by atoms with van der Waals surface area (Å²) in [5.41, 5.74) is 1.82. The van der Waals surface area contributed by atoms with Gasteiger partial charge in [-0.1, -0.05) is 47.5 Å². The Morgan fingerprint density at radius 2 is 1.52 bits per heavy atom. The van der Waals surface area contributed by atoms with E-state index in [0.717, 1.165) is 16.5 Å². The molecule has 3 N–H and O–H groups in total. The number of nitrogens with one attached hydrogen (secondary N) is 1. The van der Waals surface area contributed by atoms with Gasteiger partial charge >= 0.3 is 11.9 Å². The summed E-state index contributed by atoms with van der Waals surface area (Å²) in [4.78, 5) is 24.7. The van der Waals surface area contributed by atoms with Crippen molar-refractivity contribution in [2.75, 3.05) is 0 Å². The first-order valence-electron chi connectivity index (χ1n) is 9.67. The van der Waals surface area contributed by atoms with E-state index in [1.54, 1.807) is 30.3 Å². The third-order valence-corrected chi connectivity index (χ3v) is 6.99. The molecule has 0 aliphatic rings. The number of sulfone groups is 1. The SMILES string of the molecule is Cc1c(C(=O)O)ccc(Cl)c1C(=O)O.Cc1ccc(S(=O)(=O)c2cc3ccccc3[nH]2)cc1. The number of carbonyl (C=O) groups is 2. The summed E-state index contributed by atoms with van der Waals surface area (Å²) >= 11 is 5.63. The largest absolute Gasteiger partial charge is 0.478 e. The zero-order valence-electron chi connectivity index (χ0n) is 17.7. The normalized spacial score (nSPS) is 11.0. The van der Waals surface area contributed by atoms with E-state index in [2.05, 4.69) is 4.98 Å². The van der Waals surface area contributed by atoms with E-state index in [1.165, 1.54) is 19.1 Å². The van der Waals surface area contributed by atoms with Crippen LogP contribution in [0.2, 0.25) is 5.02 Å². The molecule has 0 aliphatic carbocycles. The number of rotatable bonds is 4. The van der Waals surface area contributed by atoms with Gasteiger partial charge < -0.3 is 15.2 Å². The molecule has 4 aromatic rings. The highest BCUT2D eigenvalue weighted by Crippen LogP contribution is 2.25. The summed E-state index contributed by atoms with van der Waals surface area (Å²) in [6, 6.07) is 18.6. The van der Waals surface area contributed by atoms with E-state index in [1.807, 2.05) is 31.2 Å². The maximum Gasteiger partial charge on any atom is 0.337 e. The Kier molecular flexibility index (Phi) is 6.90. The number of fused-ring (bicyclic) bond motifs is 1. The van der Waals surface area contributed by atoms with Gasteiger partial charge in [-0.05, 0) is 55.8 Å². The number of aromatic carboxylic acids is 2. The summed E-state index contributed by atoms with van der Waals surface area (Å²) in [5, 5.41) is 18.7. The van der Waals surface area contributed by atoms with Crippen LogP contribution in [0.15, 0.2) is 76.7 Å². The molecule has 9 heteroatoms. The van der Waals surface area contributed by atoms with Crippen molar-refractivity contribution in [3.63, 3.8) is 0 Å². The summed E-state index contributed by atoms with van der Waals surface area (Å²) in [6.07, 6.45) is 0. The number of aryl methyl sites for hydroxylation is 1. The molecular weight excluding hydrogens is 466 g/mol. The van der Waals surface area contributed by atoms with Crippen LogP contribution >= 0.6 is 11.6 Å². The van der Waals surface area contributed by atoms with Crippen molar-refractivity contribution >= 4 is 44.3 Å². The summed E-state index contributed by atoms with van der Waals surface area (Å²) in [6.45, 7) is 3.35. The van der Waals surface area contributed by atoms with E-state index in [9.17, 15) is 18.0 Å². The van der Waals surface area contributed by atoms with Crippen LogP contribution in [0.4, 0.5) is 0 Å². The Balaban J connectivity index is 0.000000196. The van der Waals surface area contributed by atoms with Crippen LogP contribution in [-0.2, 0) is 9.84 Å². The Labute approximate surface area is 195 Å². The lowest BCUT2D eigenvalue weighted by Crippen LogP contribution is -2.07. The minimum absolute atomic E-state index is 0.0417. The van der Waals surface area contributed by atoms with Crippen LogP contribution in [0, 0.1) is 13.8 Å². The third-order valence-electron chi connectivity index (χ3n) is 4.98. The first-order valence-corrected chi connectivity index (χ1v) is 11.5. The standard InChI is InChI=1S/C15H13NO2S.C9H7ClO4/c1-11-6-8-13(9-7-11)19(17,18)15-10-12-4-2-3-5-14(12)16-15;1-4-5(8(11)12)2-3-6(10)7(4)9(13)14/h2-10,16H,1H3;2-3H,1H3,(H,11,12)(H,13,14). The van der Waals surface area contributed by atoms with Crippen molar-refractivity contribution in [1.82, 2.24) is 4.98 Å². The van der Waals surface area contributed by atoms with E-state index in [-0.39, 0.29) is 26.7 Å². The number of aromatic nitrogens is 1. The van der Waals surface area contributed by atoms with E-state index >= 15 is 0 Å². The maximum absolute atomic E-state index is 12.5. The van der Waals surface area contributed by atoms with Crippen LogP contribution < -0.4 is 0 Å². The molecule has 0 amide bonds. The number of para-hydroxylation sites is 1. The molecule has 0 atom stereocenters. The van der Waals surface area contributed by atoms with Crippen LogP contribution in [-0.4, -0.2) is 35.6 Å². The second-order valence-electron chi connectivity index (χ2n) is 7.24. The molecule has 7 nitrogen and oxygen atoms in total. The van der Waals surface area contributed by atoms with Crippen molar-refractivity contribution in [2.45, 2.75) is 23.8 Å². The van der Waals surface area contributed by atoms with Gasteiger partial charge in [0.15, 0.2) is 0 Å². The number of halogens is 1. The van der Waals surface area contributed by atoms with Crippen molar-refractivity contribution < 1.29 is 28.2 Å². The van der Waals surface area contributed by atoms with Crippen LogP contribution in [0.3, 0.4) is 0 Å². The number of benzene rings is 3. The van der Waals surface area contributed by atoms with Gasteiger partial charge in [-0.25, -0.2) is 18.0 Å². The Morgan fingerprint density at radius 3 is 2.09 bits per heavy atom. The zero-order chi connectivity index (χ0) is 24.3. The second-order valence-corrected chi connectivity index (χ2v) is 9.57. The maximum atomic E-state index is 12.5. The van der Waals surface area contributed by atoms with Gasteiger partial charge in [-0.3, -0.25) is 0 Å². The van der Waals surface area contributed by atoms with Gasteiger partial charge in [0.1, 0.15) is 5.03 Å². The number of carboxylic acids is 2. The fourth-order valence-electron chi connectivity index (χ4n) is 3.21. The molecule has 0 fully saturated rings. The molecule has 0 aliphatic heterocycles. The minimum Gasteiger partial charge on any atom is -0.478 e. The molecule has 0 saturated carbocycles. The van der Waals surface area contributed by atoms with Crippen LogP contribution in [0.1, 0.15) is 31.8 Å². The zero-order valence-corrected chi connectivity index (χ0v) is 19.2. The smallest absolute Gasteiger partial charge is 0.337 e. The minimum atomic E-state index is -3.47. The predicted octanol–water partition coefficient (Wildman–Crippen LogP) is 5.35. The fraction of sp³-hybridized carbons (Fsp3) is 0.0833. The second kappa shape index (κ2) is 9.48. The molecule has 0 radical (unpaired) electrons. The number of hydrogen-bond acceptors (Lipinski definition) is 4. The molecule has 4 rings (SSSR count). The molecule has 1 heterocycles. The molecule has 0 unspecified atom stereocenters. The van der Waals surface area contributed by atoms with Crippen LogP contribution in [0.5, 0.6) is 0 Å². The van der Waals surface area contributed by atoms with E-state index in [0.29, 0.717) is 4.90 Å². The quantitative estimate of drug-likeness (QED) is 0.357. The Hall–Kier alpha value is -3.62. The van der Waals surface area contributed by atoms with Crippen molar-refractivity contribution in [3.05, 3.63) is 94.0 Å². The van der Waals surface area contributed by atoms with Gasteiger partial charge in [-0.2, -0.15) is 0 Å². The molecule has 0 spiro atoms. The number of H-pyrrole nitrogens is 1. The Bertz CT molecular complexity index is 1420.